The quantitative estimate of drug-likeness (QED) is 0.627. The standard InChI is InChI=1S/C25H26N4O4/c1-3-28-13-14-29(24(31)21-11-12-23(30)27-26-21)22(25(28)32)15-17-7-9-18(10-8-17)19-5-4-6-20(16-19)33-2/h4-12,16,22H,3,13-15H2,1-2H3,(H,27,30)/t22-/m1/s1. The van der Waals surface area contributed by atoms with E-state index in [0.717, 1.165) is 22.4 Å². The van der Waals surface area contributed by atoms with Gasteiger partial charge in [0.1, 0.15) is 17.5 Å². The molecular weight excluding hydrogens is 420 g/mol. The van der Waals surface area contributed by atoms with Crippen LogP contribution in [0.25, 0.3) is 11.1 Å². The van der Waals surface area contributed by atoms with Gasteiger partial charge in [-0.3, -0.25) is 14.4 Å². The third kappa shape index (κ3) is 4.79. The number of piperazine rings is 1. The summed E-state index contributed by atoms with van der Waals surface area (Å²) in [6.45, 7) is 3.39. The Kier molecular flexibility index (Phi) is 6.53. The molecule has 3 aromatic rings. The van der Waals surface area contributed by atoms with Crippen LogP contribution in [0.1, 0.15) is 23.0 Å². The highest BCUT2D eigenvalue weighted by molar-refractivity contribution is 5.96. The fourth-order valence-electron chi connectivity index (χ4n) is 4.06. The Balaban J connectivity index is 1.58. The average Bonchev–Trinajstić information content (AvgIpc) is 2.85. The molecule has 170 valence electrons. The van der Waals surface area contributed by atoms with Gasteiger partial charge in [-0.05, 0) is 41.8 Å². The van der Waals surface area contributed by atoms with E-state index in [1.54, 1.807) is 16.9 Å². The number of nitrogens with zero attached hydrogens (tertiary/aromatic N) is 3. The lowest BCUT2D eigenvalue weighted by atomic mass is 9.98. The van der Waals surface area contributed by atoms with E-state index < -0.39 is 6.04 Å². The fraction of sp³-hybridized carbons (Fsp3) is 0.280. The fourth-order valence-corrected chi connectivity index (χ4v) is 4.06. The van der Waals surface area contributed by atoms with E-state index in [-0.39, 0.29) is 23.1 Å². The monoisotopic (exact) mass is 446 g/mol. The number of aromatic amines is 1. The number of hydrogen-bond donors (Lipinski definition) is 1. The third-order valence-corrected chi connectivity index (χ3v) is 5.91. The Hall–Kier alpha value is -3.94. The normalized spacial score (nSPS) is 16.1. The molecule has 2 heterocycles. The van der Waals surface area contributed by atoms with E-state index in [1.807, 2.05) is 55.5 Å². The van der Waals surface area contributed by atoms with Crippen molar-refractivity contribution in [2.45, 2.75) is 19.4 Å². The zero-order chi connectivity index (χ0) is 23.4. The highest BCUT2D eigenvalue weighted by Crippen LogP contribution is 2.25. The summed E-state index contributed by atoms with van der Waals surface area (Å²) in [5, 5.41) is 6.14. The van der Waals surface area contributed by atoms with E-state index in [9.17, 15) is 14.4 Å². The van der Waals surface area contributed by atoms with Gasteiger partial charge < -0.3 is 14.5 Å². The number of benzene rings is 2. The number of methoxy groups -OCH3 is 1. The van der Waals surface area contributed by atoms with Crippen LogP contribution < -0.4 is 10.3 Å². The van der Waals surface area contributed by atoms with Crippen molar-refractivity contribution >= 4 is 11.8 Å². The number of carbonyl (C=O) groups is 2. The topological polar surface area (TPSA) is 95.6 Å². The van der Waals surface area contributed by atoms with Gasteiger partial charge in [-0.15, -0.1) is 0 Å². The summed E-state index contributed by atoms with van der Waals surface area (Å²) in [4.78, 5) is 40.9. The highest BCUT2D eigenvalue weighted by Gasteiger charge is 2.37. The lowest BCUT2D eigenvalue weighted by Crippen LogP contribution is -2.59. The minimum absolute atomic E-state index is 0.0848. The summed E-state index contributed by atoms with van der Waals surface area (Å²) in [5.74, 6) is 0.334. The molecule has 8 heteroatoms. The second kappa shape index (κ2) is 9.68. The molecule has 8 nitrogen and oxygen atoms in total. The summed E-state index contributed by atoms with van der Waals surface area (Å²) >= 11 is 0. The van der Waals surface area contributed by atoms with E-state index in [0.29, 0.717) is 26.1 Å². The van der Waals surface area contributed by atoms with E-state index >= 15 is 0 Å². The molecule has 1 fully saturated rings. The van der Waals surface area contributed by atoms with Crippen molar-refractivity contribution in [3.63, 3.8) is 0 Å². The smallest absolute Gasteiger partial charge is 0.275 e. The SMILES string of the molecule is CCN1CCN(C(=O)c2ccc(=O)[nH]n2)[C@H](Cc2ccc(-c3cccc(OC)c3)cc2)C1=O. The third-order valence-electron chi connectivity index (χ3n) is 5.91. The molecule has 1 aliphatic heterocycles. The minimum atomic E-state index is -0.636. The maximum absolute atomic E-state index is 13.2. The summed E-state index contributed by atoms with van der Waals surface area (Å²) in [6.07, 6.45) is 0.392. The molecule has 0 unspecified atom stereocenters. The maximum atomic E-state index is 13.2. The van der Waals surface area contributed by atoms with Crippen LogP contribution in [0.4, 0.5) is 0 Å². The van der Waals surface area contributed by atoms with Crippen LogP contribution in [-0.4, -0.2) is 64.6 Å². The Bertz CT molecular complexity index is 1190. The second-order valence-electron chi connectivity index (χ2n) is 7.87. The number of hydrogen-bond acceptors (Lipinski definition) is 5. The first-order valence-corrected chi connectivity index (χ1v) is 10.9. The number of aromatic nitrogens is 2. The van der Waals surface area contributed by atoms with Gasteiger partial charge in [-0.2, -0.15) is 5.10 Å². The van der Waals surface area contributed by atoms with Crippen molar-refractivity contribution in [1.29, 1.82) is 0 Å². The van der Waals surface area contributed by atoms with Gasteiger partial charge in [0.05, 0.1) is 7.11 Å². The molecule has 33 heavy (non-hydrogen) atoms. The van der Waals surface area contributed by atoms with Gasteiger partial charge in [0.15, 0.2) is 0 Å². The second-order valence-corrected chi connectivity index (χ2v) is 7.87. The molecule has 1 atom stereocenters. The lowest BCUT2D eigenvalue weighted by Gasteiger charge is -2.40. The number of ether oxygens (including phenoxy) is 1. The molecule has 1 N–H and O–H groups in total. The number of likely N-dealkylation sites (N-methyl/N-ethyl adjacent to an activating group) is 1. The van der Waals surface area contributed by atoms with Crippen molar-refractivity contribution in [3.8, 4) is 16.9 Å². The van der Waals surface area contributed by atoms with Crippen LogP contribution in [0.3, 0.4) is 0 Å². The summed E-state index contributed by atoms with van der Waals surface area (Å²) in [5.41, 5.74) is 2.75. The summed E-state index contributed by atoms with van der Waals surface area (Å²) in [7, 11) is 1.64. The first-order chi connectivity index (χ1) is 16.0. The van der Waals surface area contributed by atoms with Gasteiger partial charge >= 0.3 is 0 Å². The van der Waals surface area contributed by atoms with Gasteiger partial charge in [-0.1, -0.05) is 36.4 Å². The first-order valence-electron chi connectivity index (χ1n) is 10.9. The minimum Gasteiger partial charge on any atom is -0.497 e. The number of carbonyl (C=O) groups excluding carboxylic acids is 2. The predicted octanol–water partition coefficient (Wildman–Crippen LogP) is 2.36. The predicted molar refractivity (Wildman–Crippen MR) is 124 cm³/mol. The Morgan fingerprint density at radius 3 is 2.52 bits per heavy atom. The maximum Gasteiger partial charge on any atom is 0.275 e. The Morgan fingerprint density at radius 1 is 1.06 bits per heavy atom. The molecule has 1 aliphatic rings. The zero-order valence-corrected chi connectivity index (χ0v) is 18.7. The zero-order valence-electron chi connectivity index (χ0n) is 18.7. The van der Waals surface area contributed by atoms with Crippen LogP contribution in [-0.2, 0) is 11.2 Å². The van der Waals surface area contributed by atoms with Crippen molar-refractivity contribution < 1.29 is 14.3 Å². The van der Waals surface area contributed by atoms with Gasteiger partial charge in [-0.25, -0.2) is 5.10 Å². The molecule has 1 saturated heterocycles. The highest BCUT2D eigenvalue weighted by atomic mass is 16.5. The van der Waals surface area contributed by atoms with E-state index in [1.165, 1.54) is 12.1 Å². The van der Waals surface area contributed by atoms with Crippen molar-refractivity contribution in [3.05, 3.63) is 82.3 Å². The lowest BCUT2D eigenvalue weighted by molar-refractivity contribution is -0.139. The van der Waals surface area contributed by atoms with Crippen LogP contribution in [0, 0.1) is 0 Å². The molecule has 2 amide bonds. The molecule has 0 spiro atoms. The van der Waals surface area contributed by atoms with Crippen molar-refractivity contribution in [1.82, 2.24) is 20.0 Å². The molecule has 1 aromatic heterocycles. The van der Waals surface area contributed by atoms with Gasteiger partial charge in [0.2, 0.25) is 5.91 Å². The molecule has 0 radical (unpaired) electrons. The number of H-pyrrole nitrogens is 1. The molecular formula is C25H26N4O4. The number of amides is 2. The molecule has 4 rings (SSSR count). The van der Waals surface area contributed by atoms with Crippen molar-refractivity contribution in [2.24, 2.45) is 0 Å². The van der Waals surface area contributed by atoms with Gasteiger partial charge in [0, 0.05) is 32.1 Å². The molecule has 0 saturated carbocycles. The molecule has 0 aliphatic carbocycles. The number of rotatable bonds is 6. The van der Waals surface area contributed by atoms with E-state index in [2.05, 4.69) is 10.2 Å². The van der Waals surface area contributed by atoms with Crippen LogP contribution in [0.15, 0.2) is 65.5 Å². The Labute approximate surface area is 191 Å². The summed E-state index contributed by atoms with van der Waals surface area (Å²) < 4.78 is 5.31. The van der Waals surface area contributed by atoms with Crippen LogP contribution >= 0.6 is 0 Å². The van der Waals surface area contributed by atoms with Crippen LogP contribution in [0.5, 0.6) is 5.75 Å². The Morgan fingerprint density at radius 2 is 1.85 bits per heavy atom. The summed E-state index contributed by atoms with van der Waals surface area (Å²) in [6, 6.07) is 17.8. The van der Waals surface area contributed by atoms with Crippen LogP contribution in [0.2, 0.25) is 0 Å². The largest absolute Gasteiger partial charge is 0.497 e. The number of nitrogens with one attached hydrogen (secondary N) is 1. The van der Waals surface area contributed by atoms with Crippen molar-refractivity contribution in [2.75, 3.05) is 26.7 Å². The van der Waals surface area contributed by atoms with E-state index in [4.69, 9.17) is 4.74 Å². The first kappa shape index (κ1) is 22.3. The molecule has 0 bridgehead atoms. The molecule has 2 aromatic carbocycles. The van der Waals surface area contributed by atoms with Gasteiger partial charge in [0.25, 0.3) is 11.5 Å². The average molecular weight is 447 g/mol.